The summed E-state index contributed by atoms with van der Waals surface area (Å²) in [7, 11) is 0.745. The number of methoxy groups -OCH3 is 1. The molecule has 1 aliphatic rings. The molecule has 1 saturated heterocycles. The second-order valence-electron chi connectivity index (χ2n) is 8.13. The third-order valence-electron chi connectivity index (χ3n) is 5.79. The van der Waals surface area contributed by atoms with Crippen molar-refractivity contribution >= 4 is 44.3 Å². The number of hydrogen-bond donors (Lipinski definition) is 2. The summed E-state index contributed by atoms with van der Waals surface area (Å²) >= 11 is 0. The topological polar surface area (TPSA) is 115 Å². The van der Waals surface area contributed by atoms with Gasteiger partial charge in [-0.05, 0) is 48.5 Å². The molecule has 0 unspecified atom stereocenters. The Labute approximate surface area is 198 Å². The van der Waals surface area contributed by atoms with Crippen molar-refractivity contribution in [3.63, 3.8) is 0 Å². The van der Waals surface area contributed by atoms with Gasteiger partial charge in [-0.2, -0.15) is 12.7 Å². The highest BCUT2D eigenvalue weighted by Crippen LogP contribution is 2.28. The molecule has 2 heterocycles. The smallest absolute Gasteiger partial charge is 0.336 e. The number of nitrogens with one attached hydrogen (secondary N) is 1. The van der Waals surface area contributed by atoms with Crippen LogP contribution in [-0.4, -0.2) is 76.2 Å². The van der Waals surface area contributed by atoms with E-state index in [1.54, 1.807) is 25.3 Å². The fourth-order valence-corrected chi connectivity index (χ4v) is 4.45. The number of carboxylic acids is 1. The number of piperazine rings is 1. The van der Waals surface area contributed by atoms with Crippen LogP contribution in [0.5, 0.6) is 5.75 Å². The standard InChI is InChI=1S/C23H27N5O5S/c1-26(2)34(31,32)25-16-4-9-21-19(14-16)20(23(29)30)15-22(24-21)28-12-10-27(11-13-28)17-5-7-18(33-3)8-6-17/h4-9,14-15,25H,10-13H2,1-3H3,(H,29,30). The maximum absolute atomic E-state index is 12.1. The maximum atomic E-state index is 12.1. The van der Waals surface area contributed by atoms with Gasteiger partial charge >= 0.3 is 16.2 Å². The minimum atomic E-state index is -3.71. The van der Waals surface area contributed by atoms with Gasteiger partial charge in [0.1, 0.15) is 11.6 Å². The van der Waals surface area contributed by atoms with Gasteiger partial charge in [-0.1, -0.05) is 0 Å². The number of rotatable bonds is 7. The molecule has 34 heavy (non-hydrogen) atoms. The molecule has 1 fully saturated rings. The number of aromatic carboxylic acids is 1. The number of carboxylic acid groups (broad SMARTS) is 1. The van der Waals surface area contributed by atoms with E-state index in [1.807, 2.05) is 24.3 Å². The fraction of sp³-hybridized carbons (Fsp3) is 0.304. The Morgan fingerprint density at radius 3 is 2.26 bits per heavy atom. The molecule has 0 atom stereocenters. The van der Waals surface area contributed by atoms with E-state index in [4.69, 9.17) is 4.74 Å². The van der Waals surface area contributed by atoms with Gasteiger partial charge in [-0.15, -0.1) is 0 Å². The van der Waals surface area contributed by atoms with E-state index in [1.165, 1.54) is 20.2 Å². The van der Waals surface area contributed by atoms with Crippen molar-refractivity contribution in [2.75, 3.05) is 61.9 Å². The zero-order chi connectivity index (χ0) is 24.5. The van der Waals surface area contributed by atoms with Crippen molar-refractivity contribution in [2.24, 2.45) is 0 Å². The van der Waals surface area contributed by atoms with E-state index >= 15 is 0 Å². The average Bonchev–Trinajstić information content (AvgIpc) is 2.83. The van der Waals surface area contributed by atoms with Crippen molar-refractivity contribution in [3.8, 4) is 5.75 Å². The molecule has 0 saturated carbocycles. The first-order chi connectivity index (χ1) is 16.2. The van der Waals surface area contributed by atoms with Gasteiger partial charge < -0.3 is 19.6 Å². The van der Waals surface area contributed by atoms with Crippen molar-refractivity contribution in [2.45, 2.75) is 0 Å². The summed E-state index contributed by atoms with van der Waals surface area (Å²) in [6.07, 6.45) is 0. The zero-order valence-electron chi connectivity index (χ0n) is 19.2. The normalized spacial score (nSPS) is 14.5. The van der Waals surface area contributed by atoms with Gasteiger partial charge in [0.05, 0.1) is 23.9 Å². The SMILES string of the molecule is COc1ccc(N2CCN(c3cc(C(=O)O)c4cc(NS(=O)(=O)N(C)C)ccc4n3)CC2)cc1. The van der Waals surface area contributed by atoms with Gasteiger partial charge in [0.15, 0.2) is 0 Å². The maximum Gasteiger partial charge on any atom is 0.336 e. The minimum Gasteiger partial charge on any atom is -0.497 e. The molecule has 2 N–H and O–H groups in total. The van der Waals surface area contributed by atoms with Gasteiger partial charge in [0.2, 0.25) is 0 Å². The minimum absolute atomic E-state index is 0.0727. The van der Waals surface area contributed by atoms with Crippen LogP contribution in [0.3, 0.4) is 0 Å². The highest BCUT2D eigenvalue weighted by atomic mass is 32.2. The number of anilines is 3. The average molecular weight is 486 g/mol. The molecule has 0 aliphatic carbocycles. The van der Waals surface area contributed by atoms with Crippen LogP contribution in [0.15, 0.2) is 48.5 Å². The summed E-state index contributed by atoms with van der Waals surface area (Å²) in [5.41, 5.74) is 1.93. The highest BCUT2D eigenvalue weighted by molar-refractivity contribution is 7.90. The molecule has 11 heteroatoms. The molecule has 4 rings (SSSR count). The van der Waals surface area contributed by atoms with Crippen LogP contribution in [0, 0.1) is 0 Å². The first kappa shape index (κ1) is 23.6. The second kappa shape index (κ2) is 9.35. The van der Waals surface area contributed by atoms with E-state index in [2.05, 4.69) is 19.5 Å². The van der Waals surface area contributed by atoms with Gasteiger partial charge in [0.25, 0.3) is 0 Å². The summed E-state index contributed by atoms with van der Waals surface area (Å²) < 4.78 is 33.0. The number of pyridine rings is 1. The van der Waals surface area contributed by atoms with Crippen LogP contribution in [0.25, 0.3) is 10.9 Å². The lowest BCUT2D eigenvalue weighted by Crippen LogP contribution is -2.46. The molecule has 2 aromatic carbocycles. The first-order valence-corrected chi connectivity index (χ1v) is 12.1. The summed E-state index contributed by atoms with van der Waals surface area (Å²) in [6, 6.07) is 14.2. The monoisotopic (exact) mass is 485 g/mol. The molecule has 0 amide bonds. The lowest BCUT2D eigenvalue weighted by Gasteiger charge is -2.37. The van der Waals surface area contributed by atoms with Gasteiger partial charge in [-0.3, -0.25) is 4.72 Å². The number of ether oxygens (including phenoxy) is 1. The van der Waals surface area contributed by atoms with Crippen LogP contribution in [0.4, 0.5) is 17.2 Å². The van der Waals surface area contributed by atoms with Crippen LogP contribution in [0.2, 0.25) is 0 Å². The van der Waals surface area contributed by atoms with Gasteiger partial charge in [0, 0.05) is 51.3 Å². The van der Waals surface area contributed by atoms with Crippen LogP contribution in [0.1, 0.15) is 10.4 Å². The number of nitrogens with zero attached hydrogens (tertiary/aromatic N) is 4. The van der Waals surface area contributed by atoms with Crippen molar-refractivity contribution in [1.29, 1.82) is 0 Å². The zero-order valence-corrected chi connectivity index (χ0v) is 20.0. The number of benzene rings is 2. The fourth-order valence-electron chi connectivity index (χ4n) is 3.84. The number of aromatic nitrogens is 1. The lowest BCUT2D eigenvalue weighted by molar-refractivity contribution is 0.0699. The third-order valence-corrected chi connectivity index (χ3v) is 7.25. The molecular weight excluding hydrogens is 458 g/mol. The Hall–Kier alpha value is -3.57. The Balaban J connectivity index is 1.57. The van der Waals surface area contributed by atoms with Gasteiger partial charge in [-0.25, -0.2) is 9.78 Å². The Bertz CT molecular complexity index is 1300. The Morgan fingerprint density at radius 1 is 1.03 bits per heavy atom. The molecular formula is C23H27N5O5S. The predicted octanol–water partition coefficient (Wildman–Crippen LogP) is 2.49. The second-order valence-corrected chi connectivity index (χ2v) is 10.0. The molecule has 0 bridgehead atoms. The van der Waals surface area contributed by atoms with Crippen LogP contribution < -0.4 is 19.3 Å². The number of fused-ring (bicyclic) bond motifs is 1. The molecule has 10 nitrogen and oxygen atoms in total. The van der Waals surface area contributed by atoms with E-state index in [-0.39, 0.29) is 11.3 Å². The number of carbonyl (C=O) groups is 1. The van der Waals surface area contributed by atoms with Crippen molar-refractivity contribution in [1.82, 2.24) is 9.29 Å². The third kappa shape index (κ3) is 4.85. The molecule has 0 spiro atoms. The largest absolute Gasteiger partial charge is 0.497 e. The first-order valence-electron chi connectivity index (χ1n) is 10.7. The van der Waals surface area contributed by atoms with Crippen LogP contribution in [-0.2, 0) is 10.2 Å². The summed E-state index contributed by atoms with van der Waals surface area (Å²) in [5.74, 6) is 0.292. The molecule has 1 aliphatic heterocycles. The van der Waals surface area contributed by atoms with E-state index in [0.29, 0.717) is 29.8 Å². The highest BCUT2D eigenvalue weighted by Gasteiger charge is 2.22. The van der Waals surface area contributed by atoms with Crippen molar-refractivity contribution in [3.05, 3.63) is 54.1 Å². The van der Waals surface area contributed by atoms with Crippen LogP contribution >= 0.6 is 0 Å². The van der Waals surface area contributed by atoms with Crippen molar-refractivity contribution < 1.29 is 23.1 Å². The van der Waals surface area contributed by atoms with E-state index in [0.717, 1.165) is 28.8 Å². The summed E-state index contributed by atoms with van der Waals surface area (Å²) in [6.45, 7) is 2.90. The molecule has 180 valence electrons. The van der Waals surface area contributed by atoms with E-state index in [9.17, 15) is 18.3 Å². The van der Waals surface area contributed by atoms with E-state index < -0.39 is 16.2 Å². The Morgan fingerprint density at radius 2 is 1.68 bits per heavy atom. The molecule has 1 aromatic heterocycles. The lowest BCUT2D eigenvalue weighted by atomic mass is 10.1. The summed E-state index contributed by atoms with van der Waals surface area (Å²) in [5, 5.41) is 10.2. The number of hydrogen-bond acceptors (Lipinski definition) is 7. The quantitative estimate of drug-likeness (QED) is 0.525. The Kier molecular flexibility index (Phi) is 6.49. The predicted molar refractivity (Wildman–Crippen MR) is 132 cm³/mol. The molecule has 3 aromatic rings. The molecule has 0 radical (unpaired) electrons. The summed E-state index contributed by atoms with van der Waals surface area (Å²) in [4.78, 5) is 21.0.